The lowest BCUT2D eigenvalue weighted by atomic mass is 9.98. The molecule has 0 saturated carbocycles. The largest absolute Gasteiger partial charge is 0.309 e. The standard InChI is InChI=1S/C30H22N2/c1-21-9-8-18-31-30(21)24-11-7-10-22(19-24)23-16-17-29-27(20-23)26-14-5-6-15-28(26)32(29)25-12-3-2-4-13-25/h2-20H,1H3. The maximum atomic E-state index is 4.61. The van der Waals surface area contributed by atoms with E-state index in [-0.39, 0.29) is 0 Å². The topological polar surface area (TPSA) is 17.8 Å². The van der Waals surface area contributed by atoms with Crippen LogP contribution in [0, 0.1) is 6.92 Å². The van der Waals surface area contributed by atoms with Crippen LogP contribution in [0.25, 0.3) is 49.9 Å². The molecule has 0 amide bonds. The molecule has 0 saturated heterocycles. The van der Waals surface area contributed by atoms with E-state index >= 15 is 0 Å². The molecular weight excluding hydrogens is 388 g/mol. The van der Waals surface area contributed by atoms with Gasteiger partial charge in [-0.05, 0) is 66.1 Å². The summed E-state index contributed by atoms with van der Waals surface area (Å²) < 4.78 is 2.35. The van der Waals surface area contributed by atoms with Crippen molar-refractivity contribution in [2.45, 2.75) is 6.92 Å². The van der Waals surface area contributed by atoms with Crippen LogP contribution in [0.5, 0.6) is 0 Å². The zero-order valence-electron chi connectivity index (χ0n) is 17.9. The highest BCUT2D eigenvalue weighted by Crippen LogP contribution is 2.35. The number of benzene rings is 4. The molecule has 0 N–H and O–H groups in total. The number of aryl methyl sites for hydroxylation is 1. The molecule has 0 bridgehead atoms. The number of fused-ring (bicyclic) bond motifs is 3. The highest BCUT2D eigenvalue weighted by atomic mass is 15.0. The van der Waals surface area contributed by atoms with Gasteiger partial charge in [0.15, 0.2) is 0 Å². The SMILES string of the molecule is Cc1cccnc1-c1cccc(-c2ccc3c(c2)c2ccccc2n3-c2ccccc2)c1. The van der Waals surface area contributed by atoms with Crippen molar-refractivity contribution >= 4 is 21.8 Å². The van der Waals surface area contributed by atoms with E-state index in [1.165, 1.54) is 44.2 Å². The number of nitrogens with zero attached hydrogens (tertiary/aromatic N) is 2. The van der Waals surface area contributed by atoms with Crippen molar-refractivity contribution in [3.05, 3.63) is 121 Å². The second kappa shape index (κ2) is 7.51. The fourth-order valence-electron chi connectivity index (χ4n) is 4.64. The first-order valence-corrected chi connectivity index (χ1v) is 10.9. The Hall–Kier alpha value is -4.17. The third-order valence-corrected chi connectivity index (χ3v) is 6.17. The van der Waals surface area contributed by atoms with Crippen molar-refractivity contribution in [2.24, 2.45) is 0 Å². The van der Waals surface area contributed by atoms with Gasteiger partial charge in [-0.25, -0.2) is 0 Å². The molecule has 0 aliphatic carbocycles. The molecule has 0 aliphatic rings. The van der Waals surface area contributed by atoms with Crippen molar-refractivity contribution in [3.63, 3.8) is 0 Å². The van der Waals surface area contributed by atoms with Crippen LogP contribution >= 0.6 is 0 Å². The summed E-state index contributed by atoms with van der Waals surface area (Å²) in [7, 11) is 0. The molecule has 0 aliphatic heterocycles. The van der Waals surface area contributed by atoms with Gasteiger partial charge in [0.25, 0.3) is 0 Å². The number of aromatic nitrogens is 2. The third kappa shape index (κ3) is 3.00. The van der Waals surface area contributed by atoms with Crippen molar-refractivity contribution in [1.29, 1.82) is 0 Å². The first-order valence-electron chi connectivity index (χ1n) is 10.9. The van der Waals surface area contributed by atoms with E-state index in [9.17, 15) is 0 Å². The summed E-state index contributed by atoms with van der Waals surface area (Å²) in [5.41, 5.74) is 9.41. The van der Waals surface area contributed by atoms with E-state index < -0.39 is 0 Å². The summed E-state index contributed by atoms with van der Waals surface area (Å²) >= 11 is 0. The molecule has 6 aromatic rings. The van der Waals surface area contributed by atoms with E-state index in [0.29, 0.717) is 0 Å². The van der Waals surface area contributed by atoms with Gasteiger partial charge < -0.3 is 4.57 Å². The van der Waals surface area contributed by atoms with Gasteiger partial charge in [-0.1, -0.05) is 66.7 Å². The zero-order valence-corrected chi connectivity index (χ0v) is 17.9. The van der Waals surface area contributed by atoms with E-state index in [1.54, 1.807) is 0 Å². The van der Waals surface area contributed by atoms with Crippen LogP contribution in [0.3, 0.4) is 0 Å². The molecule has 0 radical (unpaired) electrons. The smallest absolute Gasteiger partial charge is 0.0731 e. The van der Waals surface area contributed by atoms with Crippen molar-refractivity contribution < 1.29 is 0 Å². The molecule has 6 rings (SSSR count). The van der Waals surface area contributed by atoms with Crippen LogP contribution in [0.1, 0.15) is 5.56 Å². The molecule has 2 aromatic heterocycles. The molecule has 2 heterocycles. The zero-order chi connectivity index (χ0) is 21.5. The number of hydrogen-bond donors (Lipinski definition) is 0. The molecule has 0 spiro atoms. The summed E-state index contributed by atoms with van der Waals surface area (Å²) in [5, 5.41) is 2.53. The van der Waals surface area contributed by atoms with Gasteiger partial charge in [0.2, 0.25) is 0 Å². The lowest BCUT2D eigenvalue weighted by Crippen LogP contribution is -1.92. The van der Waals surface area contributed by atoms with Crippen molar-refractivity contribution in [1.82, 2.24) is 9.55 Å². The van der Waals surface area contributed by atoms with E-state index in [1.807, 2.05) is 12.3 Å². The van der Waals surface area contributed by atoms with Gasteiger partial charge in [0.1, 0.15) is 0 Å². The first kappa shape index (κ1) is 18.6. The van der Waals surface area contributed by atoms with Gasteiger partial charge in [-0.15, -0.1) is 0 Å². The van der Waals surface area contributed by atoms with Crippen LogP contribution < -0.4 is 0 Å². The van der Waals surface area contributed by atoms with Crippen molar-refractivity contribution in [3.8, 4) is 28.1 Å². The molecule has 32 heavy (non-hydrogen) atoms. The lowest BCUT2D eigenvalue weighted by Gasteiger charge is -2.09. The van der Waals surface area contributed by atoms with E-state index in [2.05, 4.69) is 120 Å². The lowest BCUT2D eigenvalue weighted by molar-refractivity contribution is 1.18. The second-order valence-corrected chi connectivity index (χ2v) is 8.17. The predicted octanol–water partition coefficient (Wildman–Crippen LogP) is 7.82. The number of hydrogen-bond acceptors (Lipinski definition) is 1. The van der Waals surface area contributed by atoms with Crippen molar-refractivity contribution in [2.75, 3.05) is 0 Å². The maximum Gasteiger partial charge on any atom is 0.0731 e. The number of para-hydroxylation sites is 2. The highest BCUT2D eigenvalue weighted by molar-refractivity contribution is 6.10. The van der Waals surface area contributed by atoms with E-state index in [4.69, 9.17) is 0 Å². The molecule has 0 fully saturated rings. The number of pyridine rings is 1. The molecule has 0 unspecified atom stereocenters. The minimum Gasteiger partial charge on any atom is -0.309 e. The quantitative estimate of drug-likeness (QED) is 0.291. The summed E-state index contributed by atoms with van der Waals surface area (Å²) in [6, 6.07) is 38.8. The average Bonchev–Trinajstić information content (AvgIpc) is 3.19. The molecule has 0 atom stereocenters. The van der Waals surface area contributed by atoms with Gasteiger partial charge in [0.05, 0.1) is 16.7 Å². The Labute approximate surface area is 187 Å². The molecule has 4 aromatic carbocycles. The Balaban J connectivity index is 1.55. The monoisotopic (exact) mass is 410 g/mol. The Kier molecular flexibility index (Phi) is 4.36. The Morgan fingerprint density at radius 2 is 1.31 bits per heavy atom. The Morgan fingerprint density at radius 3 is 2.19 bits per heavy atom. The van der Waals surface area contributed by atoms with E-state index in [0.717, 1.165) is 11.3 Å². The highest BCUT2D eigenvalue weighted by Gasteiger charge is 2.13. The van der Waals surface area contributed by atoms with Crippen LogP contribution in [0.15, 0.2) is 115 Å². The van der Waals surface area contributed by atoms with Gasteiger partial charge in [-0.3, -0.25) is 4.98 Å². The third-order valence-electron chi connectivity index (χ3n) is 6.17. The fourth-order valence-corrected chi connectivity index (χ4v) is 4.64. The van der Waals surface area contributed by atoms with Crippen LogP contribution in [-0.2, 0) is 0 Å². The normalized spacial score (nSPS) is 11.3. The van der Waals surface area contributed by atoms with Gasteiger partial charge >= 0.3 is 0 Å². The van der Waals surface area contributed by atoms with Gasteiger partial charge in [-0.2, -0.15) is 0 Å². The number of rotatable bonds is 3. The summed E-state index contributed by atoms with van der Waals surface area (Å²) in [4.78, 5) is 4.61. The summed E-state index contributed by atoms with van der Waals surface area (Å²) in [6.07, 6.45) is 1.86. The summed E-state index contributed by atoms with van der Waals surface area (Å²) in [6.45, 7) is 2.11. The Morgan fingerprint density at radius 1 is 0.562 bits per heavy atom. The molecule has 2 nitrogen and oxygen atoms in total. The minimum atomic E-state index is 1.04. The molecule has 152 valence electrons. The van der Waals surface area contributed by atoms with Crippen LogP contribution in [0.4, 0.5) is 0 Å². The minimum absolute atomic E-state index is 1.04. The first-order chi connectivity index (χ1) is 15.8. The van der Waals surface area contributed by atoms with Crippen LogP contribution in [0.2, 0.25) is 0 Å². The average molecular weight is 411 g/mol. The fraction of sp³-hybridized carbons (Fsp3) is 0.0333. The van der Waals surface area contributed by atoms with Gasteiger partial charge in [0, 0.05) is 28.2 Å². The second-order valence-electron chi connectivity index (χ2n) is 8.17. The van der Waals surface area contributed by atoms with Crippen LogP contribution in [-0.4, -0.2) is 9.55 Å². The predicted molar refractivity (Wildman–Crippen MR) is 134 cm³/mol. The molecular formula is C30H22N2. The molecule has 2 heteroatoms. The maximum absolute atomic E-state index is 4.61. The summed E-state index contributed by atoms with van der Waals surface area (Å²) in [5.74, 6) is 0. The Bertz CT molecular complexity index is 1580.